The molecule has 1 heterocycles. The van der Waals surface area contributed by atoms with Crippen LogP contribution < -0.4 is 5.43 Å². The highest BCUT2D eigenvalue weighted by atomic mass is 32.1. The van der Waals surface area contributed by atoms with E-state index >= 15 is 0 Å². The molecule has 114 valence electrons. The van der Waals surface area contributed by atoms with E-state index < -0.39 is 0 Å². The third-order valence-corrected chi connectivity index (χ3v) is 4.01. The lowest BCUT2D eigenvalue weighted by molar-refractivity contribution is 1.29. The Morgan fingerprint density at radius 2 is 1.83 bits per heavy atom. The van der Waals surface area contributed by atoms with Crippen molar-refractivity contribution in [3.8, 4) is 11.3 Å². The van der Waals surface area contributed by atoms with Gasteiger partial charge >= 0.3 is 0 Å². The minimum absolute atomic E-state index is 0.782. The number of nitrogens with one attached hydrogen (secondary N) is 1. The molecule has 0 atom stereocenters. The molecule has 3 nitrogen and oxygen atoms in total. The first-order valence-corrected chi connectivity index (χ1v) is 8.22. The van der Waals surface area contributed by atoms with Crippen molar-refractivity contribution in [3.63, 3.8) is 0 Å². The molecule has 0 aliphatic heterocycles. The standard InChI is InChI=1S/C19H17N3S/c1-15-9-11-17(12-10-15)18-14-23-19(21-18)22-20-13-5-8-16-6-3-2-4-7-16/h2-14H,1H3,(H,21,22)/b8-5+,20-13-. The number of allylic oxidation sites excluding steroid dienone is 1. The molecular formula is C19H17N3S. The van der Waals surface area contributed by atoms with Gasteiger partial charge in [-0.15, -0.1) is 11.3 Å². The van der Waals surface area contributed by atoms with Crippen molar-refractivity contribution in [1.29, 1.82) is 0 Å². The number of thiazole rings is 1. The fourth-order valence-corrected chi connectivity index (χ4v) is 2.70. The molecule has 0 aliphatic rings. The van der Waals surface area contributed by atoms with E-state index in [4.69, 9.17) is 0 Å². The van der Waals surface area contributed by atoms with E-state index in [-0.39, 0.29) is 0 Å². The summed E-state index contributed by atoms with van der Waals surface area (Å²) < 4.78 is 0. The first-order chi connectivity index (χ1) is 11.3. The summed E-state index contributed by atoms with van der Waals surface area (Å²) >= 11 is 1.54. The van der Waals surface area contributed by atoms with Crippen LogP contribution in [0.4, 0.5) is 5.13 Å². The van der Waals surface area contributed by atoms with Gasteiger partial charge in [0.2, 0.25) is 5.13 Å². The lowest BCUT2D eigenvalue weighted by atomic mass is 10.1. The van der Waals surface area contributed by atoms with Gasteiger partial charge in [-0.25, -0.2) is 4.98 Å². The van der Waals surface area contributed by atoms with E-state index in [1.54, 1.807) is 17.6 Å². The maximum atomic E-state index is 4.54. The quantitative estimate of drug-likeness (QED) is 0.516. The number of anilines is 1. The summed E-state index contributed by atoms with van der Waals surface area (Å²) in [7, 11) is 0. The van der Waals surface area contributed by atoms with Crippen LogP contribution in [0.2, 0.25) is 0 Å². The van der Waals surface area contributed by atoms with E-state index in [1.165, 1.54) is 5.56 Å². The molecule has 4 heteroatoms. The first kappa shape index (κ1) is 15.2. The molecule has 0 spiro atoms. The van der Waals surface area contributed by atoms with Gasteiger partial charge in [-0.1, -0.05) is 66.2 Å². The van der Waals surface area contributed by atoms with E-state index in [0.29, 0.717) is 0 Å². The van der Waals surface area contributed by atoms with Gasteiger partial charge in [0, 0.05) is 17.2 Å². The smallest absolute Gasteiger partial charge is 0.203 e. The second-order valence-electron chi connectivity index (χ2n) is 5.06. The molecule has 0 unspecified atom stereocenters. The summed E-state index contributed by atoms with van der Waals surface area (Å²) in [6.45, 7) is 2.08. The van der Waals surface area contributed by atoms with Crippen LogP contribution in [-0.4, -0.2) is 11.2 Å². The summed E-state index contributed by atoms with van der Waals surface area (Å²) in [5.74, 6) is 0. The topological polar surface area (TPSA) is 37.3 Å². The third-order valence-electron chi connectivity index (χ3n) is 3.26. The summed E-state index contributed by atoms with van der Waals surface area (Å²) in [6, 6.07) is 18.5. The number of benzene rings is 2. The Morgan fingerprint density at radius 1 is 1.04 bits per heavy atom. The number of aryl methyl sites for hydroxylation is 1. The molecule has 1 N–H and O–H groups in total. The Morgan fingerprint density at radius 3 is 2.61 bits per heavy atom. The fraction of sp³-hybridized carbons (Fsp3) is 0.0526. The van der Waals surface area contributed by atoms with Gasteiger partial charge in [0.05, 0.1) is 5.69 Å². The van der Waals surface area contributed by atoms with Crippen molar-refractivity contribution in [3.05, 3.63) is 77.2 Å². The SMILES string of the molecule is Cc1ccc(-c2csc(N/N=C\C=C\c3ccccc3)n2)cc1. The Kier molecular flexibility index (Phi) is 4.96. The average molecular weight is 319 g/mol. The van der Waals surface area contributed by atoms with Gasteiger partial charge in [0.15, 0.2) is 0 Å². The van der Waals surface area contributed by atoms with Crippen LogP contribution in [0.3, 0.4) is 0 Å². The summed E-state index contributed by atoms with van der Waals surface area (Å²) in [5.41, 5.74) is 7.44. The molecule has 0 saturated carbocycles. The normalized spacial score (nSPS) is 11.3. The number of hydrazone groups is 1. The highest BCUT2D eigenvalue weighted by Crippen LogP contribution is 2.24. The van der Waals surface area contributed by atoms with Gasteiger partial charge in [-0.2, -0.15) is 5.10 Å². The predicted molar refractivity (Wildman–Crippen MR) is 99.9 cm³/mol. The van der Waals surface area contributed by atoms with Crippen molar-refractivity contribution in [2.75, 3.05) is 5.43 Å². The molecule has 0 bridgehead atoms. The molecule has 0 radical (unpaired) electrons. The lowest BCUT2D eigenvalue weighted by Crippen LogP contribution is -1.87. The van der Waals surface area contributed by atoms with Gasteiger partial charge in [0.25, 0.3) is 0 Å². The molecule has 1 aromatic heterocycles. The lowest BCUT2D eigenvalue weighted by Gasteiger charge is -1.97. The Hall–Kier alpha value is -2.72. The van der Waals surface area contributed by atoms with E-state index in [9.17, 15) is 0 Å². The minimum Gasteiger partial charge on any atom is -0.253 e. The largest absolute Gasteiger partial charge is 0.253 e. The molecule has 0 aliphatic carbocycles. The highest BCUT2D eigenvalue weighted by molar-refractivity contribution is 7.14. The zero-order valence-corrected chi connectivity index (χ0v) is 13.6. The molecule has 3 aromatic rings. The first-order valence-electron chi connectivity index (χ1n) is 7.34. The Labute approximate surface area is 140 Å². The van der Waals surface area contributed by atoms with Crippen molar-refractivity contribution in [2.45, 2.75) is 6.92 Å². The van der Waals surface area contributed by atoms with Crippen molar-refractivity contribution >= 4 is 28.8 Å². The summed E-state index contributed by atoms with van der Waals surface area (Å²) in [6.07, 6.45) is 5.63. The monoisotopic (exact) mass is 319 g/mol. The molecule has 0 amide bonds. The van der Waals surface area contributed by atoms with Crippen LogP contribution in [0.25, 0.3) is 17.3 Å². The van der Waals surface area contributed by atoms with Crippen LogP contribution >= 0.6 is 11.3 Å². The summed E-state index contributed by atoms with van der Waals surface area (Å²) in [5, 5.41) is 6.98. The third kappa shape index (κ3) is 4.37. The fourth-order valence-electron chi connectivity index (χ4n) is 2.04. The number of hydrogen-bond donors (Lipinski definition) is 1. The number of rotatable bonds is 5. The number of nitrogens with zero attached hydrogens (tertiary/aromatic N) is 2. The maximum Gasteiger partial charge on any atom is 0.203 e. The van der Waals surface area contributed by atoms with Crippen molar-refractivity contribution in [1.82, 2.24) is 4.98 Å². The highest BCUT2D eigenvalue weighted by Gasteiger charge is 2.03. The zero-order chi connectivity index (χ0) is 15.9. The molecule has 23 heavy (non-hydrogen) atoms. The van der Waals surface area contributed by atoms with Gasteiger partial charge in [0.1, 0.15) is 0 Å². The van der Waals surface area contributed by atoms with E-state index in [1.807, 2.05) is 47.9 Å². The van der Waals surface area contributed by atoms with Crippen LogP contribution in [0, 0.1) is 6.92 Å². The average Bonchev–Trinajstić information content (AvgIpc) is 3.05. The second kappa shape index (κ2) is 7.51. The van der Waals surface area contributed by atoms with Crippen molar-refractivity contribution in [2.24, 2.45) is 5.10 Å². The van der Waals surface area contributed by atoms with Crippen molar-refractivity contribution < 1.29 is 0 Å². The molecule has 0 saturated heterocycles. The van der Waals surface area contributed by atoms with Gasteiger partial charge in [-0.05, 0) is 18.6 Å². The van der Waals surface area contributed by atoms with Crippen LogP contribution in [0.15, 0.2) is 71.2 Å². The molecular weight excluding hydrogens is 302 g/mol. The molecule has 0 fully saturated rings. The van der Waals surface area contributed by atoms with Gasteiger partial charge < -0.3 is 0 Å². The molecule has 3 rings (SSSR count). The second-order valence-corrected chi connectivity index (χ2v) is 5.92. The number of hydrogen-bond acceptors (Lipinski definition) is 4. The van der Waals surface area contributed by atoms with Crippen LogP contribution in [0.5, 0.6) is 0 Å². The van der Waals surface area contributed by atoms with E-state index in [2.05, 4.69) is 46.7 Å². The van der Waals surface area contributed by atoms with Gasteiger partial charge in [-0.3, -0.25) is 5.43 Å². The Bertz CT molecular complexity index is 802. The molecule has 2 aromatic carbocycles. The van der Waals surface area contributed by atoms with Crippen LogP contribution in [0.1, 0.15) is 11.1 Å². The Balaban J connectivity index is 1.58. The van der Waals surface area contributed by atoms with Crippen LogP contribution in [-0.2, 0) is 0 Å². The number of aromatic nitrogens is 1. The predicted octanol–water partition coefficient (Wildman–Crippen LogP) is 5.23. The zero-order valence-electron chi connectivity index (χ0n) is 12.8. The summed E-state index contributed by atoms with van der Waals surface area (Å²) in [4.78, 5) is 4.54. The minimum atomic E-state index is 0.782. The maximum absolute atomic E-state index is 4.54. The van der Waals surface area contributed by atoms with E-state index in [0.717, 1.165) is 22.0 Å².